The lowest BCUT2D eigenvalue weighted by Crippen LogP contribution is -2.58. The van der Waals surface area contributed by atoms with Crippen molar-refractivity contribution in [2.45, 2.75) is 39.3 Å². The predicted molar refractivity (Wildman–Crippen MR) is 85.4 cm³/mol. The molecule has 0 bridgehead atoms. The van der Waals surface area contributed by atoms with Crippen molar-refractivity contribution in [3.05, 3.63) is 26.7 Å². The highest BCUT2D eigenvalue weighted by molar-refractivity contribution is 9.10. The molecular formula is C14H18BrCl2NO. The summed E-state index contributed by atoms with van der Waals surface area (Å²) in [7, 11) is 0. The molecule has 1 aliphatic carbocycles. The lowest BCUT2D eigenvalue weighted by atomic mass is 9.64. The predicted octanol–water partition coefficient (Wildman–Crippen LogP) is 5.37. The number of rotatable bonds is 4. The van der Waals surface area contributed by atoms with Crippen molar-refractivity contribution in [1.82, 2.24) is 0 Å². The molecule has 2 atom stereocenters. The van der Waals surface area contributed by atoms with Crippen LogP contribution in [0.1, 0.15) is 27.2 Å². The molecular weight excluding hydrogens is 349 g/mol. The Labute approximate surface area is 132 Å². The summed E-state index contributed by atoms with van der Waals surface area (Å²) in [4.78, 5) is 0. The quantitative estimate of drug-likeness (QED) is 0.723. The van der Waals surface area contributed by atoms with Gasteiger partial charge in [0.2, 0.25) is 0 Å². The van der Waals surface area contributed by atoms with Crippen LogP contribution in [-0.2, 0) is 4.74 Å². The molecule has 0 aliphatic heterocycles. The van der Waals surface area contributed by atoms with Gasteiger partial charge in [0.1, 0.15) is 0 Å². The van der Waals surface area contributed by atoms with Crippen LogP contribution in [0.25, 0.3) is 0 Å². The van der Waals surface area contributed by atoms with Gasteiger partial charge in [-0.15, -0.1) is 0 Å². The van der Waals surface area contributed by atoms with Gasteiger partial charge in [-0.2, -0.15) is 0 Å². The minimum Gasteiger partial charge on any atom is -0.380 e. The van der Waals surface area contributed by atoms with E-state index in [4.69, 9.17) is 27.9 Å². The van der Waals surface area contributed by atoms with Gasteiger partial charge in [-0.05, 0) is 41.4 Å². The van der Waals surface area contributed by atoms with E-state index in [1.165, 1.54) is 0 Å². The first-order chi connectivity index (χ1) is 8.87. The molecule has 106 valence electrons. The zero-order valence-corrected chi connectivity index (χ0v) is 14.4. The first kappa shape index (κ1) is 15.4. The van der Waals surface area contributed by atoms with Crippen LogP contribution in [-0.4, -0.2) is 18.8 Å². The first-order valence-corrected chi connectivity index (χ1v) is 7.94. The zero-order valence-electron chi connectivity index (χ0n) is 11.3. The number of hydrogen-bond donors (Lipinski definition) is 1. The molecule has 1 aromatic carbocycles. The van der Waals surface area contributed by atoms with Crippen LogP contribution in [0.4, 0.5) is 5.69 Å². The summed E-state index contributed by atoms with van der Waals surface area (Å²) < 4.78 is 6.54. The third-order valence-electron chi connectivity index (χ3n) is 3.91. The van der Waals surface area contributed by atoms with Gasteiger partial charge >= 0.3 is 0 Å². The third kappa shape index (κ3) is 2.90. The van der Waals surface area contributed by atoms with Gasteiger partial charge in [0.25, 0.3) is 0 Å². The molecule has 1 aromatic rings. The van der Waals surface area contributed by atoms with Gasteiger partial charge in [0.05, 0.1) is 21.8 Å². The second-order valence-electron chi connectivity index (χ2n) is 5.42. The van der Waals surface area contributed by atoms with Gasteiger partial charge < -0.3 is 10.1 Å². The average Bonchev–Trinajstić information content (AvgIpc) is 2.37. The maximum atomic E-state index is 6.26. The second-order valence-corrected chi connectivity index (χ2v) is 7.03. The monoisotopic (exact) mass is 365 g/mol. The highest BCUT2D eigenvalue weighted by atomic mass is 79.9. The maximum absolute atomic E-state index is 6.26. The van der Waals surface area contributed by atoms with E-state index in [1.54, 1.807) is 0 Å². The summed E-state index contributed by atoms with van der Waals surface area (Å²) in [6.45, 7) is 7.21. The van der Waals surface area contributed by atoms with Crippen molar-refractivity contribution in [1.29, 1.82) is 0 Å². The maximum Gasteiger partial charge on any atom is 0.0835 e. The number of nitrogens with one attached hydrogen (secondary N) is 1. The summed E-state index contributed by atoms with van der Waals surface area (Å²) in [5.74, 6) is 0. The average molecular weight is 367 g/mol. The molecule has 0 saturated heterocycles. The molecule has 2 nitrogen and oxygen atoms in total. The lowest BCUT2D eigenvalue weighted by Gasteiger charge is -2.52. The molecule has 5 heteroatoms. The molecule has 2 rings (SSSR count). The second kappa shape index (κ2) is 5.80. The molecule has 0 amide bonds. The highest BCUT2D eigenvalue weighted by Crippen LogP contribution is 2.46. The molecule has 1 fully saturated rings. The van der Waals surface area contributed by atoms with Gasteiger partial charge in [-0.3, -0.25) is 0 Å². The molecule has 1 N–H and O–H groups in total. The fraction of sp³-hybridized carbons (Fsp3) is 0.571. The minimum absolute atomic E-state index is 0.0961. The summed E-state index contributed by atoms with van der Waals surface area (Å²) in [6, 6.07) is 4.20. The molecule has 0 aromatic heterocycles. The summed E-state index contributed by atoms with van der Waals surface area (Å²) >= 11 is 15.8. The topological polar surface area (TPSA) is 21.3 Å². The van der Waals surface area contributed by atoms with E-state index in [-0.39, 0.29) is 5.41 Å². The lowest BCUT2D eigenvalue weighted by molar-refractivity contribution is -0.0975. The number of hydrogen-bond acceptors (Lipinski definition) is 2. The molecule has 19 heavy (non-hydrogen) atoms. The van der Waals surface area contributed by atoms with Crippen molar-refractivity contribution in [2.24, 2.45) is 5.41 Å². The summed E-state index contributed by atoms with van der Waals surface area (Å²) in [5.41, 5.74) is 0.974. The van der Waals surface area contributed by atoms with E-state index < -0.39 is 0 Å². The zero-order chi connectivity index (χ0) is 14.2. The van der Waals surface area contributed by atoms with Gasteiger partial charge in [-0.1, -0.05) is 37.0 Å². The Morgan fingerprint density at radius 1 is 1.37 bits per heavy atom. The Hall–Kier alpha value is 0.0400. The standard InChI is InChI=1S/C14H18BrCl2NO/c1-4-19-11-7-10(14(11,2)3)18-9-6-5-8(15)12(16)13(9)17/h5-6,10-11,18H,4,7H2,1-3H3. The number of benzene rings is 1. The van der Waals surface area contributed by atoms with E-state index in [1.807, 2.05) is 19.1 Å². The van der Waals surface area contributed by atoms with Crippen LogP contribution in [0.15, 0.2) is 16.6 Å². The highest BCUT2D eigenvalue weighted by Gasteiger charge is 2.49. The van der Waals surface area contributed by atoms with Gasteiger partial charge in [0.15, 0.2) is 0 Å². The first-order valence-electron chi connectivity index (χ1n) is 6.39. The molecule has 1 saturated carbocycles. The van der Waals surface area contributed by atoms with Crippen LogP contribution in [0.5, 0.6) is 0 Å². The van der Waals surface area contributed by atoms with Crippen molar-refractivity contribution < 1.29 is 4.74 Å². The number of ether oxygens (including phenoxy) is 1. The van der Waals surface area contributed by atoms with E-state index in [0.29, 0.717) is 22.2 Å². The van der Waals surface area contributed by atoms with Crippen LogP contribution in [0.2, 0.25) is 10.0 Å². The van der Waals surface area contributed by atoms with E-state index >= 15 is 0 Å². The third-order valence-corrected chi connectivity index (χ3v) is 5.68. The Balaban J connectivity index is 2.10. The molecule has 2 unspecified atom stereocenters. The van der Waals surface area contributed by atoms with E-state index in [2.05, 4.69) is 35.1 Å². The Kier molecular flexibility index (Phi) is 4.71. The molecule has 0 radical (unpaired) electrons. The Morgan fingerprint density at radius 2 is 2.05 bits per heavy atom. The van der Waals surface area contributed by atoms with Crippen molar-refractivity contribution in [3.63, 3.8) is 0 Å². The normalized spacial score (nSPS) is 24.9. The largest absolute Gasteiger partial charge is 0.380 e. The fourth-order valence-corrected chi connectivity index (χ4v) is 3.27. The van der Waals surface area contributed by atoms with Crippen molar-refractivity contribution >= 4 is 44.8 Å². The van der Waals surface area contributed by atoms with E-state index in [9.17, 15) is 0 Å². The SMILES string of the molecule is CCOC1CC(Nc2ccc(Br)c(Cl)c2Cl)C1(C)C. The molecule has 1 aliphatic rings. The van der Waals surface area contributed by atoms with Gasteiger partial charge in [0, 0.05) is 22.5 Å². The van der Waals surface area contributed by atoms with Crippen LogP contribution in [0, 0.1) is 5.41 Å². The van der Waals surface area contributed by atoms with Crippen molar-refractivity contribution in [3.8, 4) is 0 Å². The fourth-order valence-electron chi connectivity index (χ4n) is 2.44. The minimum atomic E-state index is 0.0961. The molecule has 0 spiro atoms. The van der Waals surface area contributed by atoms with Crippen LogP contribution in [0.3, 0.4) is 0 Å². The van der Waals surface area contributed by atoms with Crippen LogP contribution < -0.4 is 5.32 Å². The molecule has 0 heterocycles. The number of halogens is 3. The van der Waals surface area contributed by atoms with E-state index in [0.717, 1.165) is 23.2 Å². The smallest absolute Gasteiger partial charge is 0.0835 e. The summed E-state index contributed by atoms with van der Waals surface area (Å²) in [6.07, 6.45) is 1.30. The Morgan fingerprint density at radius 3 is 2.63 bits per heavy atom. The van der Waals surface area contributed by atoms with Gasteiger partial charge in [-0.25, -0.2) is 0 Å². The Bertz CT molecular complexity index is 479. The van der Waals surface area contributed by atoms with Crippen LogP contribution >= 0.6 is 39.1 Å². The summed E-state index contributed by atoms with van der Waals surface area (Å²) in [5, 5.41) is 4.58. The van der Waals surface area contributed by atoms with Crippen molar-refractivity contribution in [2.75, 3.05) is 11.9 Å². The number of anilines is 1.